The van der Waals surface area contributed by atoms with Crippen LogP contribution in [-0.4, -0.2) is 28.7 Å². The minimum Gasteiger partial charge on any atom is -0.483 e. The summed E-state index contributed by atoms with van der Waals surface area (Å²) in [6.07, 6.45) is -0.698. The van der Waals surface area contributed by atoms with E-state index in [2.05, 4.69) is 33.1 Å². The Hall–Kier alpha value is -0.530. The third-order valence-corrected chi connectivity index (χ3v) is 0.762. The van der Waals surface area contributed by atoms with E-state index in [-0.39, 0.29) is 6.47 Å². The van der Waals surface area contributed by atoms with E-state index in [4.69, 9.17) is 9.90 Å². The van der Waals surface area contributed by atoms with Crippen molar-refractivity contribution in [2.45, 2.75) is 0 Å². The summed E-state index contributed by atoms with van der Waals surface area (Å²) >= 11 is 2.09. The molecule has 0 aliphatic rings. The predicted molar refractivity (Wildman–Crippen MR) is 43.1 cm³/mol. The molecular weight excluding hydrogens is 253 g/mol. The molecule has 10 heavy (non-hydrogen) atoms. The number of hydrogen-bond acceptors (Lipinski definition) is 3. The maximum atomic E-state index is 9.75. The van der Waals surface area contributed by atoms with Gasteiger partial charge in [-0.1, -0.05) is 22.6 Å². The Morgan fingerprint density at radius 2 is 2.20 bits per heavy atom. The Morgan fingerprint density at radius 3 is 2.30 bits per heavy atom. The molecule has 0 spiro atoms. The molecule has 0 saturated carbocycles. The molecule has 0 aromatic heterocycles. The van der Waals surface area contributed by atoms with E-state index < -0.39 is 6.09 Å². The molecule has 60 valence electrons. The van der Waals surface area contributed by atoms with E-state index in [1.807, 2.05) is 0 Å². The van der Waals surface area contributed by atoms with Crippen LogP contribution < -0.4 is 5.73 Å². The minimum atomic E-state index is -0.698. The van der Waals surface area contributed by atoms with Gasteiger partial charge in [-0.25, -0.2) is 4.79 Å². The number of halogens is 1. The predicted octanol–water partition coefficient (Wildman–Crippen LogP) is 0.217. The van der Waals surface area contributed by atoms with Gasteiger partial charge in [0.1, 0.15) is 6.61 Å². The molecule has 3 N–H and O–H groups in total. The Morgan fingerprint density at radius 1 is 1.80 bits per heavy atom. The van der Waals surface area contributed by atoms with E-state index in [0.717, 1.165) is 4.43 Å². The molecule has 0 saturated heterocycles. The summed E-state index contributed by atoms with van der Waals surface area (Å²) in [7, 11) is 0. The smallest absolute Gasteiger partial charge is 0.404 e. The molecular formula is C4H8INO4. The summed E-state index contributed by atoms with van der Waals surface area (Å²) in [5.41, 5.74) is 4.61. The van der Waals surface area contributed by atoms with Gasteiger partial charge in [-0.05, 0) is 0 Å². The van der Waals surface area contributed by atoms with Gasteiger partial charge in [0.25, 0.3) is 6.47 Å². The average molecular weight is 261 g/mol. The number of primary amides is 1. The van der Waals surface area contributed by atoms with Gasteiger partial charge in [0.2, 0.25) is 0 Å². The number of carbonyl (C=O) groups excluding carboxylic acids is 1. The summed E-state index contributed by atoms with van der Waals surface area (Å²) < 4.78 is 5.11. The van der Waals surface area contributed by atoms with Crippen molar-refractivity contribution in [2.75, 3.05) is 11.0 Å². The maximum absolute atomic E-state index is 9.75. The number of hydrogen-bond donors (Lipinski definition) is 2. The summed E-state index contributed by atoms with van der Waals surface area (Å²) in [5.74, 6) is 0. The van der Waals surface area contributed by atoms with Crippen LogP contribution in [0.3, 0.4) is 0 Å². The van der Waals surface area contributed by atoms with Crippen LogP contribution in [0.1, 0.15) is 0 Å². The quantitative estimate of drug-likeness (QED) is 0.422. The van der Waals surface area contributed by atoms with Crippen LogP contribution in [0.2, 0.25) is 0 Å². The van der Waals surface area contributed by atoms with Gasteiger partial charge in [0.05, 0.1) is 0 Å². The molecule has 0 bridgehead atoms. The van der Waals surface area contributed by atoms with E-state index >= 15 is 0 Å². The summed E-state index contributed by atoms with van der Waals surface area (Å²) in [6.45, 7) is 0.163. The second kappa shape index (κ2) is 11.3. The lowest BCUT2D eigenvalue weighted by atomic mass is 10.9. The Bertz CT molecular complexity index is 97.3. The van der Waals surface area contributed by atoms with Crippen LogP contribution in [0.25, 0.3) is 0 Å². The molecule has 1 amide bonds. The highest BCUT2D eigenvalue weighted by Crippen LogP contribution is 1.80. The molecule has 0 aliphatic carbocycles. The fourth-order valence-corrected chi connectivity index (χ4v) is 0.359. The molecule has 6 heteroatoms. The maximum Gasteiger partial charge on any atom is 0.404 e. The second-order valence-electron chi connectivity index (χ2n) is 0.962. The molecule has 0 aromatic carbocycles. The lowest BCUT2D eigenvalue weighted by Crippen LogP contribution is -2.13. The fraction of sp³-hybridized carbons (Fsp3) is 0.500. The van der Waals surface area contributed by atoms with Crippen molar-refractivity contribution in [3.8, 4) is 0 Å². The number of carboxylic acid groups (broad SMARTS) is 1. The lowest BCUT2D eigenvalue weighted by Gasteiger charge is -1.92. The van der Waals surface area contributed by atoms with Crippen molar-refractivity contribution in [1.82, 2.24) is 0 Å². The first kappa shape index (κ1) is 12.2. The zero-order chi connectivity index (χ0) is 8.41. The van der Waals surface area contributed by atoms with Crippen molar-refractivity contribution in [2.24, 2.45) is 5.73 Å². The zero-order valence-corrected chi connectivity index (χ0v) is 7.28. The van der Waals surface area contributed by atoms with Gasteiger partial charge in [-0.3, -0.25) is 4.79 Å². The first-order valence-corrected chi connectivity index (χ1v) is 3.77. The van der Waals surface area contributed by atoms with Crippen molar-refractivity contribution >= 4 is 35.2 Å². The van der Waals surface area contributed by atoms with Crippen LogP contribution in [0, 0.1) is 0 Å². The summed E-state index contributed by atoms with van der Waals surface area (Å²) in [4.78, 5) is 18.1. The first-order valence-electron chi connectivity index (χ1n) is 2.25. The molecule has 0 aromatic rings. The van der Waals surface area contributed by atoms with Crippen LogP contribution in [0.4, 0.5) is 4.79 Å². The number of amides is 1. The molecule has 0 rings (SSSR count). The van der Waals surface area contributed by atoms with Crippen LogP contribution in [-0.2, 0) is 9.53 Å². The Labute approximate surface area is 71.7 Å². The van der Waals surface area contributed by atoms with E-state index in [0.29, 0.717) is 6.61 Å². The first-order chi connectivity index (χ1) is 4.68. The minimum absolute atomic E-state index is 0.250. The van der Waals surface area contributed by atoms with Gasteiger partial charge in [-0.2, -0.15) is 0 Å². The fourth-order valence-electron chi connectivity index (χ4n) is 0.139. The second-order valence-corrected chi connectivity index (χ2v) is 2.04. The monoisotopic (exact) mass is 261 g/mol. The number of alkyl halides is 1. The highest BCUT2D eigenvalue weighted by Gasteiger charge is 1.87. The van der Waals surface area contributed by atoms with Crippen LogP contribution in [0.5, 0.6) is 0 Å². The Balaban J connectivity index is 0. The van der Waals surface area contributed by atoms with E-state index in [9.17, 15) is 4.79 Å². The van der Waals surface area contributed by atoms with Crippen LogP contribution >= 0.6 is 22.6 Å². The lowest BCUT2D eigenvalue weighted by molar-refractivity contribution is -0.122. The number of nitrogens with two attached hydrogens (primary N) is 1. The van der Waals surface area contributed by atoms with Gasteiger partial charge >= 0.3 is 6.09 Å². The van der Waals surface area contributed by atoms with Gasteiger partial charge in [0.15, 0.2) is 0 Å². The third kappa shape index (κ3) is 26.0. The number of ether oxygens (including phenoxy) is 1. The number of rotatable bonds is 2. The molecule has 0 atom stereocenters. The van der Waals surface area contributed by atoms with Crippen LogP contribution in [0.15, 0.2) is 0 Å². The van der Waals surface area contributed by atoms with Gasteiger partial charge in [-0.15, -0.1) is 0 Å². The highest BCUT2D eigenvalue weighted by atomic mass is 127. The SMILES string of the molecule is NC(=O)OCCI.O=CO. The van der Waals surface area contributed by atoms with E-state index in [1.54, 1.807) is 0 Å². The summed E-state index contributed by atoms with van der Waals surface area (Å²) in [6, 6.07) is 0. The van der Waals surface area contributed by atoms with Gasteiger partial charge < -0.3 is 15.6 Å². The molecule has 0 heterocycles. The van der Waals surface area contributed by atoms with Crippen molar-refractivity contribution in [3.05, 3.63) is 0 Å². The molecule has 0 unspecified atom stereocenters. The normalized spacial score (nSPS) is 6.90. The molecule has 5 nitrogen and oxygen atoms in total. The largest absolute Gasteiger partial charge is 0.483 e. The average Bonchev–Trinajstić information content (AvgIpc) is 1.85. The molecule has 0 radical (unpaired) electrons. The number of carbonyl (C=O) groups is 2. The molecule has 0 aliphatic heterocycles. The standard InChI is InChI=1S/C3H6INO2.CH2O2/c4-1-2-7-3(5)6;2-1-3/h1-2H2,(H2,5,6);1H,(H,2,3). The molecule has 0 fully saturated rings. The van der Waals surface area contributed by atoms with Crippen molar-refractivity contribution in [3.63, 3.8) is 0 Å². The van der Waals surface area contributed by atoms with Gasteiger partial charge in [0, 0.05) is 4.43 Å². The topological polar surface area (TPSA) is 89.6 Å². The van der Waals surface area contributed by atoms with E-state index in [1.165, 1.54) is 0 Å². The highest BCUT2D eigenvalue weighted by molar-refractivity contribution is 14.1. The third-order valence-electron chi connectivity index (χ3n) is 0.321. The van der Waals surface area contributed by atoms with Crippen molar-refractivity contribution < 1.29 is 19.4 Å². The zero-order valence-electron chi connectivity index (χ0n) is 5.12. The summed E-state index contributed by atoms with van der Waals surface area (Å²) in [5, 5.41) is 6.89. The van der Waals surface area contributed by atoms with Crippen molar-refractivity contribution in [1.29, 1.82) is 0 Å². The Kier molecular flexibility index (Phi) is 13.7.